The second-order valence-electron chi connectivity index (χ2n) is 6.06. The third-order valence-electron chi connectivity index (χ3n) is 4.35. The van der Waals surface area contributed by atoms with Gasteiger partial charge in [0.2, 0.25) is 0 Å². The van der Waals surface area contributed by atoms with Crippen LogP contribution >= 0.6 is 0 Å². The van der Waals surface area contributed by atoms with Gasteiger partial charge in [0.1, 0.15) is 0 Å². The van der Waals surface area contributed by atoms with E-state index in [1.165, 1.54) is 5.56 Å². The van der Waals surface area contributed by atoms with Crippen molar-refractivity contribution in [2.45, 2.75) is 12.8 Å². The Hall–Kier alpha value is -2.98. The average molecular weight is 329 g/mol. The van der Waals surface area contributed by atoms with Crippen LogP contribution in [0.15, 0.2) is 73.2 Å². The van der Waals surface area contributed by atoms with Gasteiger partial charge in [-0.05, 0) is 29.5 Å². The van der Waals surface area contributed by atoms with Crippen molar-refractivity contribution < 1.29 is 5.11 Å². The molecule has 4 aromatic rings. The monoisotopic (exact) mass is 329 g/mol. The van der Waals surface area contributed by atoms with Gasteiger partial charge in [-0.15, -0.1) is 0 Å². The topological polar surface area (TPSA) is 50.4 Å². The van der Waals surface area contributed by atoms with Crippen molar-refractivity contribution in [2.75, 3.05) is 6.61 Å². The fraction of sp³-hybridized carbons (Fsp3) is 0.143. The van der Waals surface area contributed by atoms with Crippen molar-refractivity contribution >= 4 is 5.65 Å². The molecule has 124 valence electrons. The van der Waals surface area contributed by atoms with Crippen molar-refractivity contribution in [3.8, 4) is 22.3 Å². The molecule has 1 N–H and O–H groups in total. The molecule has 25 heavy (non-hydrogen) atoms. The zero-order valence-electron chi connectivity index (χ0n) is 13.8. The summed E-state index contributed by atoms with van der Waals surface area (Å²) in [5.41, 5.74) is 6.38. The Labute approximate surface area is 146 Å². The highest BCUT2D eigenvalue weighted by Gasteiger charge is 2.09. The van der Waals surface area contributed by atoms with Gasteiger partial charge in [-0.1, -0.05) is 54.6 Å². The van der Waals surface area contributed by atoms with E-state index in [0.717, 1.165) is 40.7 Å². The molecule has 0 unspecified atom stereocenters. The summed E-state index contributed by atoms with van der Waals surface area (Å²) in [5, 5.41) is 13.4. The van der Waals surface area contributed by atoms with Gasteiger partial charge in [0.25, 0.3) is 0 Å². The number of rotatable bonds is 5. The van der Waals surface area contributed by atoms with E-state index in [9.17, 15) is 0 Å². The molecule has 0 aliphatic heterocycles. The van der Waals surface area contributed by atoms with E-state index in [-0.39, 0.29) is 6.61 Å². The molecule has 0 spiro atoms. The molecule has 4 heteroatoms. The maximum atomic E-state index is 8.93. The van der Waals surface area contributed by atoms with Gasteiger partial charge >= 0.3 is 0 Å². The first-order valence-corrected chi connectivity index (χ1v) is 8.44. The molecular formula is C21H19N3O. The van der Waals surface area contributed by atoms with Crippen molar-refractivity contribution in [2.24, 2.45) is 0 Å². The Bertz CT molecular complexity index is 975. The highest BCUT2D eigenvalue weighted by atomic mass is 16.2. The van der Waals surface area contributed by atoms with Crippen LogP contribution in [0.2, 0.25) is 0 Å². The number of benzene rings is 2. The maximum Gasteiger partial charge on any atom is 0.162 e. The minimum absolute atomic E-state index is 0.228. The van der Waals surface area contributed by atoms with Crippen molar-refractivity contribution in [3.63, 3.8) is 0 Å². The summed E-state index contributed by atoms with van der Waals surface area (Å²) in [5.74, 6) is 0. The fourth-order valence-electron chi connectivity index (χ4n) is 2.99. The van der Waals surface area contributed by atoms with Gasteiger partial charge in [0.15, 0.2) is 5.65 Å². The molecule has 0 radical (unpaired) electrons. The predicted molar refractivity (Wildman–Crippen MR) is 99.3 cm³/mol. The number of nitrogens with zero attached hydrogens (tertiary/aromatic N) is 3. The smallest absolute Gasteiger partial charge is 0.162 e. The third-order valence-corrected chi connectivity index (χ3v) is 4.35. The van der Waals surface area contributed by atoms with Gasteiger partial charge in [-0.2, -0.15) is 5.10 Å². The lowest BCUT2D eigenvalue weighted by Crippen LogP contribution is -1.93. The molecular weight excluding hydrogens is 310 g/mol. The van der Waals surface area contributed by atoms with Crippen LogP contribution in [-0.4, -0.2) is 26.3 Å². The molecule has 4 nitrogen and oxygen atoms in total. The first kappa shape index (κ1) is 15.5. The van der Waals surface area contributed by atoms with E-state index in [1.807, 2.05) is 41.3 Å². The predicted octanol–water partition coefficient (Wildman–Crippen LogP) is 3.99. The zero-order valence-corrected chi connectivity index (χ0v) is 13.8. The van der Waals surface area contributed by atoms with E-state index in [1.54, 1.807) is 0 Å². The van der Waals surface area contributed by atoms with Crippen molar-refractivity contribution in [3.05, 3.63) is 78.8 Å². The first-order valence-electron chi connectivity index (χ1n) is 8.44. The van der Waals surface area contributed by atoms with E-state index in [2.05, 4.69) is 46.5 Å². The van der Waals surface area contributed by atoms with Crippen LogP contribution in [0.25, 0.3) is 27.9 Å². The van der Waals surface area contributed by atoms with Crippen LogP contribution in [0.5, 0.6) is 0 Å². The molecule has 0 aliphatic carbocycles. The molecule has 2 aromatic heterocycles. The minimum atomic E-state index is 0.228. The first-order chi connectivity index (χ1) is 12.3. The van der Waals surface area contributed by atoms with Crippen LogP contribution in [0, 0.1) is 0 Å². The van der Waals surface area contributed by atoms with Gasteiger partial charge in [-0.3, -0.25) is 0 Å². The third kappa shape index (κ3) is 3.16. The summed E-state index contributed by atoms with van der Waals surface area (Å²) in [4.78, 5) is 4.63. The summed E-state index contributed by atoms with van der Waals surface area (Å²) in [6.45, 7) is 0.228. The summed E-state index contributed by atoms with van der Waals surface area (Å²) in [6, 6.07) is 18.6. The lowest BCUT2D eigenvalue weighted by molar-refractivity contribution is 0.288. The Balaban J connectivity index is 1.66. The number of hydrogen-bond donors (Lipinski definition) is 1. The van der Waals surface area contributed by atoms with Gasteiger partial charge < -0.3 is 5.11 Å². The largest absolute Gasteiger partial charge is 0.396 e. The highest BCUT2D eigenvalue weighted by Crippen LogP contribution is 2.25. The maximum absolute atomic E-state index is 8.93. The minimum Gasteiger partial charge on any atom is -0.396 e. The zero-order chi connectivity index (χ0) is 17.1. The van der Waals surface area contributed by atoms with Crippen LogP contribution in [0.3, 0.4) is 0 Å². The normalized spacial score (nSPS) is 11.1. The fourth-order valence-corrected chi connectivity index (χ4v) is 2.99. The Morgan fingerprint density at radius 3 is 2.40 bits per heavy atom. The number of hydrogen-bond acceptors (Lipinski definition) is 3. The quantitative estimate of drug-likeness (QED) is 0.602. The van der Waals surface area contributed by atoms with Crippen molar-refractivity contribution in [1.82, 2.24) is 14.6 Å². The van der Waals surface area contributed by atoms with E-state index in [4.69, 9.17) is 5.11 Å². The molecule has 0 atom stereocenters. The summed E-state index contributed by atoms with van der Waals surface area (Å²) in [7, 11) is 0. The molecule has 0 aliphatic rings. The summed E-state index contributed by atoms with van der Waals surface area (Å²) >= 11 is 0. The van der Waals surface area contributed by atoms with E-state index in [0.29, 0.717) is 0 Å². The van der Waals surface area contributed by atoms with Gasteiger partial charge in [-0.25, -0.2) is 9.50 Å². The van der Waals surface area contributed by atoms with E-state index >= 15 is 0 Å². The molecule has 0 saturated heterocycles. The number of fused-ring (bicyclic) bond motifs is 1. The van der Waals surface area contributed by atoms with E-state index < -0.39 is 0 Å². The number of aryl methyl sites for hydroxylation is 1. The van der Waals surface area contributed by atoms with Gasteiger partial charge in [0.05, 0.1) is 6.20 Å². The van der Waals surface area contributed by atoms with Crippen LogP contribution in [0.1, 0.15) is 12.0 Å². The Morgan fingerprint density at radius 2 is 1.64 bits per heavy atom. The van der Waals surface area contributed by atoms with Gasteiger partial charge in [0, 0.05) is 30.1 Å². The highest BCUT2D eigenvalue weighted by molar-refractivity contribution is 5.77. The summed E-state index contributed by atoms with van der Waals surface area (Å²) < 4.78 is 1.83. The molecule has 4 rings (SSSR count). The second kappa shape index (κ2) is 6.87. The molecule has 0 fully saturated rings. The van der Waals surface area contributed by atoms with Crippen LogP contribution < -0.4 is 0 Å². The number of aliphatic hydroxyl groups is 1. The lowest BCUT2D eigenvalue weighted by atomic mass is 10.0. The van der Waals surface area contributed by atoms with Crippen LogP contribution in [0.4, 0.5) is 0 Å². The van der Waals surface area contributed by atoms with Crippen molar-refractivity contribution in [1.29, 1.82) is 0 Å². The average Bonchev–Trinajstić information content (AvgIpc) is 3.10. The molecule has 0 amide bonds. The standard InChI is InChI=1S/C21H19N3O/c25-12-4-5-16-8-10-17(11-9-16)19-13-22-21-20(14-23-24(21)15-19)18-6-2-1-3-7-18/h1-3,6-11,13-15,25H,4-5,12H2. The Morgan fingerprint density at radius 1 is 0.840 bits per heavy atom. The molecule has 0 bridgehead atoms. The number of aromatic nitrogens is 3. The number of aliphatic hydroxyl groups excluding tert-OH is 1. The van der Waals surface area contributed by atoms with Crippen LogP contribution in [-0.2, 0) is 6.42 Å². The molecule has 2 heterocycles. The SMILES string of the molecule is OCCCc1ccc(-c2cnc3c(-c4ccccc4)cnn3c2)cc1. The molecule has 2 aromatic carbocycles. The lowest BCUT2D eigenvalue weighted by Gasteiger charge is -2.05. The molecule has 0 saturated carbocycles. The Kier molecular flexibility index (Phi) is 4.27. The summed E-state index contributed by atoms with van der Waals surface area (Å²) in [6.07, 6.45) is 7.46. The second-order valence-corrected chi connectivity index (χ2v) is 6.06.